The molecule has 2 heterocycles. The zero-order chi connectivity index (χ0) is 18.0. The van der Waals surface area contributed by atoms with E-state index in [4.69, 9.17) is 4.74 Å². The first-order valence-electron chi connectivity index (χ1n) is 8.83. The second kappa shape index (κ2) is 6.86. The lowest BCUT2D eigenvalue weighted by molar-refractivity contribution is -0.135. The van der Waals surface area contributed by atoms with E-state index in [2.05, 4.69) is 24.2 Å². The fourth-order valence-corrected chi connectivity index (χ4v) is 3.33. The first-order valence-corrected chi connectivity index (χ1v) is 8.83. The second-order valence-corrected chi connectivity index (χ2v) is 7.43. The lowest BCUT2D eigenvalue weighted by Crippen LogP contribution is -2.44. The molecule has 6 heteroatoms. The minimum Gasteiger partial charge on any atom is -0.490 e. The van der Waals surface area contributed by atoms with Gasteiger partial charge in [-0.15, -0.1) is 5.10 Å². The number of hydrogen-bond acceptors (Lipinski definition) is 4. The van der Waals surface area contributed by atoms with Gasteiger partial charge in [-0.05, 0) is 52.7 Å². The molecule has 0 unspecified atom stereocenters. The van der Waals surface area contributed by atoms with Crippen LogP contribution in [0.4, 0.5) is 0 Å². The van der Waals surface area contributed by atoms with Gasteiger partial charge < -0.3 is 9.64 Å². The van der Waals surface area contributed by atoms with E-state index in [1.165, 1.54) is 0 Å². The number of likely N-dealkylation sites (tertiary alicyclic amines) is 1. The van der Waals surface area contributed by atoms with Gasteiger partial charge in [0, 0.05) is 17.6 Å². The molecule has 0 spiro atoms. The summed E-state index contributed by atoms with van der Waals surface area (Å²) in [5.74, 6) is 0.863. The van der Waals surface area contributed by atoms with E-state index in [0.717, 1.165) is 30.7 Å². The molecule has 0 radical (unpaired) electrons. The summed E-state index contributed by atoms with van der Waals surface area (Å²) in [6.07, 6.45) is 3.99. The van der Waals surface area contributed by atoms with Gasteiger partial charge in [0.05, 0.1) is 12.3 Å². The van der Waals surface area contributed by atoms with Crippen LogP contribution in [0.25, 0.3) is 11.3 Å². The summed E-state index contributed by atoms with van der Waals surface area (Å²) in [4.78, 5) is 14.5. The van der Waals surface area contributed by atoms with E-state index in [1.54, 1.807) is 4.68 Å². The molecular formula is C19H26N4O2. The number of aromatic nitrogens is 3. The number of ether oxygens (including phenoxy) is 1. The molecule has 134 valence electrons. The third-order valence-electron chi connectivity index (χ3n) is 4.56. The largest absolute Gasteiger partial charge is 0.490 e. The fourth-order valence-electron chi connectivity index (χ4n) is 3.33. The Morgan fingerprint density at radius 2 is 2.08 bits per heavy atom. The van der Waals surface area contributed by atoms with Gasteiger partial charge in [-0.1, -0.05) is 17.3 Å². The minimum absolute atomic E-state index is 0.0712. The second-order valence-electron chi connectivity index (χ2n) is 7.43. The maximum atomic E-state index is 12.6. The maximum Gasteiger partial charge on any atom is 0.244 e. The van der Waals surface area contributed by atoms with Crippen molar-refractivity contribution in [1.29, 1.82) is 0 Å². The van der Waals surface area contributed by atoms with E-state index < -0.39 is 0 Å². The van der Waals surface area contributed by atoms with Crippen molar-refractivity contribution in [2.75, 3.05) is 6.54 Å². The van der Waals surface area contributed by atoms with Gasteiger partial charge in [0.1, 0.15) is 18.0 Å². The lowest BCUT2D eigenvalue weighted by Gasteiger charge is -2.31. The van der Waals surface area contributed by atoms with Gasteiger partial charge in [0.15, 0.2) is 0 Å². The molecule has 1 saturated heterocycles. The smallest absolute Gasteiger partial charge is 0.244 e. The normalized spacial score (nSPS) is 16.4. The number of carbonyl (C=O) groups excluding carboxylic acids is 1. The van der Waals surface area contributed by atoms with E-state index in [-0.39, 0.29) is 24.1 Å². The molecule has 1 fully saturated rings. The monoisotopic (exact) mass is 342 g/mol. The van der Waals surface area contributed by atoms with Crippen molar-refractivity contribution < 1.29 is 9.53 Å². The van der Waals surface area contributed by atoms with Gasteiger partial charge >= 0.3 is 0 Å². The van der Waals surface area contributed by atoms with Crippen LogP contribution in [-0.4, -0.2) is 44.0 Å². The van der Waals surface area contributed by atoms with E-state index >= 15 is 0 Å². The molecule has 1 amide bonds. The Bertz CT molecular complexity index is 751. The molecule has 3 rings (SSSR count). The molecule has 25 heavy (non-hydrogen) atoms. The zero-order valence-electron chi connectivity index (χ0n) is 15.4. The maximum absolute atomic E-state index is 12.6. The Hall–Kier alpha value is -2.37. The van der Waals surface area contributed by atoms with Crippen LogP contribution in [-0.2, 0) is 11.3 Å². The number of rotatable bonds is 5. The predicted molar refractivity (Wildman–Crippen MR) is 96.2 cm³/mol. The van der Waals surface area contributed by atoms with Crippen LogP contribution < -0.4 is 4.74 Å². The molecule has 1 aromatic carbocycles. The summed E-state index contributed by atoms with van der Waals surface area (Å²) in [6.45, 7) is 9.24. The van der Waals surface area contributed by atoms with Gasteiger partial charge in [0.2, 0.25) is 5.91 Å². The molecule has 0 N–H and O–H groups in total. The highest BCUT2D eigenvalue weighted by Crippen LogP contribution is 2.30. The van der Waals surface area contributed by atoms with E-state index in [9.17, 15) is 4.79 Å². The van der Waals surface area contributed by atoms with Crippen LogP contribution in [0.3, 0.4) is 0 Å². The fraction of sp³-hybridized carbons (Fsp3) is 0.526. The molecule has 1 aliphatic rings. The summed E-state index contributed by atoms with van der Waals surface area (Å²) in [6, 6.07) is 7.76. The highest BCUT2D eigenvalue weighted by molar-refractivity contribution is 5.77. The first kappa shape index (κ1) is 17.5. The molecule has 1 aromatic heterocycles. The Labute approximate surface area is 148 Å². The molecule has 6 nitrogen and oxygen atoms in total. The molecule has 1 aliphatic heterocycles. The van der Waals surface area contributed by atoms with Crippen LogP contribution in [0.15, 0.2) is 30.5 Å². The van der Waals surface area contributed by atoms with Crippen molar-refractivity contribution in [2.24, 2.45) is 0 Å². The van der Waals surface area contributed by atoms with Crippen LogP contribution in [0.1, 0.15) is 40.5 Å². The van der Waals surface area contributed by atoms with Crippen LogP contribution >= 0.6 is 0 Å². The Morgan fingerprint density at radius 1 is 1.32 bits per heavy atom. The number of benzene rings is 1. The van der Waals surface area contributed by atoms with Gasteiger partial charge in [-0.3, -0.25) is 4.79 Å². The van der Waals surface area contributed by atoms with Crippen molar-refractivity contribution in [3.8, 4) is 17.0 Å². The average Bonchev–Trinajstić information content (AvgIpc) is 3.13. The van der Waals surface area contributed by atoms with Gasteiger partial charge in [0.25, 0.3) is 0 Å². The first-order chi connectivity index (χ1) is 11.9. The van der Waals surface area contributed by atoms with Crippen LogP contribution in [0.2, 0.25) is 0 Å². The number of para-hydroxylation sites is 1. The van der Waals surface area contributed by atoms with Crippen molar-refractivity contribution in [1.82, 2.24) is 19.9 Å². The molecule has 2 aromatic rings. The standard InChI is InChI=1S/C19H26N4O2/c1-14(2)25-17-9-6-5-8-15(17)16-12-22(21-20-16)13-18(24)23-11-7-10-19(23,3)4/h5-6,8-9,12,14H,7,10-11,13H2,1-4H3. The lowest BCUT2D eigenvalue weighted by atomic mass is 10.0. The van der Waals surface area contributed by atoms with Crippen LogP contribution in [0.5, 0.6) is 5.75 Å². The van der Waals surface area contributed by atoms with Crippen LogP contribution in [0, 0.1) is 0 Å². The van der Waals surface area contributed by atoms with E-state index in [1.807, 2.05) is 49.2 Å². The zero-order valence-corrected chi connectivity index (χ0v) is 15.4. The Morgan fingerprint density at radius 3 is 2.76 bits per heavy atom. The number of nitrogens with zero attached hydrogens (tertiary/aromatic N) is 4. The summed E-state index contributed by atoms with van der Waals surface area (Å²) in [5, 5.41) is 8.37. The Balaban J connectivity index is 1.76. The summed E-state index contributed by atoms with van der Waals surface area (Å²) >= 11 is 0. The topological polar surface area (TPSA) is 60.2 Å². The van der Waals surface area contributed by atoms with Crippen molar-refractivity contribution in [3.05, 3.63) is 30.5 Å². The summed E-state index contributed by atoms with van der Waals surface area (Å²) in [5.41, 5.74) is 1.53. The third-order valence-corrected chi connectivity index (χ3v) is 4.56. The third kappa shape index (κ3) is 3.83. The average molecular weight is 342 g/mol. The van der Waals surface area contributed by atoms with Crippen molar-refractivity contribution in [3.63, 3.8) is 0 Å². The van der Waals surface area contributed by atoms with Gasteiger partial charge in [-0.2, -0.15) is 0 Å². The predicted octanol–water partition coefficient (Wildman–Crippen LogP) is 3.13. The van der Waals surface area contributed by atoms with Crippen molar-refractivity contribution in [2.45, 2.75) is 58.7 Å². The highest BCUT2D eigenvalue weighted by atomic mass is 16.5. The van der Waals surface area contributed by atoms with E-state index in [0.29, 0.717) is 5.69 Å². The molecule has 0 aliphatic carbocycles. The molecular weight excluding hydrogens is 316 g/mol. The van der Waals surface area contributed by atoms with Crippen molar-refractivity contribution >= 4 is 5.91 Å². The Kier molecular flexibility index (Phi) is 4.79. The number of carbonyl (C=O) groups is 1. The number of amides is 1. The quantitative estimate of drug-likeness (QED) is 0.837. The minimum atomic E-state index is -0.0712. The highest BCUT2D eigenvalue weighted by Gasteiger charge is 2.35. The summed E-state index contributed by atoms with van der Waals surface area (Å²) < 4.78 is 7.46. The summed E-state index contributed by atoms with van der Waals surface area (Å²) in [7, 11) is 0. The van der Waals surface area contributed by atoms with Gasteiger partial charge in [-0.25, -0.2) is 4.68 Å². The molecule has 0 saturated carbocycles. The number of hydrogen-bond donors (Lipinski definition) is 0. The molecule has 0 atom stereocenters. The SMILES string of the molecule is CC(C)Oc1ccccc1-c1cn(CC(=O)N2CCCC2(C)C)nn1. The molecule has 0 bridgehead atoms.